The highest BCUT2D eigenvalue weighted by molar-refractivity contribution is 7.30. The Labute approximate surface area is 85.4 Å². The summed E-state index contributed by atoms with van der Waals surface area (Å²) in [7, 11) is 11.1. The van der Waals surface area contributed by atoms with Gasteiger partial charge in [-0.15, -0.1) is 0 Å². The van der Waals surface area contributed by atoms with Crippen LogP contribution >= 0.6 is 20.1 Å². The van der Waals surface area contributed by atoms with E-state index in [9.17, 15) is 0 Å². The molecule has 0 spiro atoms. The fraction of sp³-hybridized carbons (Fsp3) is 0.250. The molecule has 0 atom stereocenters. The van der Waals surface area contributed by atoms with E-state index >= 15 is 0 Å². The van der Waals surface area contributed by atoms with Gasteiger partial charge in [0.15, 0.2) is 0 Å². The van der Waals surface area contributed by atoms with Crippen LogP contribution in [0, 0.1) is 6.92 Å². The number of aryl methyl sites for hydroxylation is 1. The fourth-order valence-electron chi connectivity index (χ4n) is 0.844. The van der Waals surface area contributed by atoms with Gasteiger partial charge < -0.3 is 3.79 Å². The summed E-state index contributed by atoms with van der Waals surface area (Å²) in [6.45, 7) is 2.56. The Morgan fingerprint density at radius 2 is 1.83 bits per heavy atom. The van der Waals surface area contributed by atoms with Crippen molar-refractivity contribution in [2.45, 2.75) is 13.5 Å². The van der Waals surface area contributed by atoms with Crippen molar-refractivity contribution in [2.24, 2.45) is 0 Å². The van der Waals surface area contributed by atoms with Crippen LogP contribution in [0.5, 0.6) is 0 Å². The Bertz CT molecular complexity index is 235. The Kier molecular flexibility index (Phi) is 4.42. The van der Waals surface area contributed by atoms with Crippen LogP contribution in [0.4, 0.5) is 0 Å². The Morgan fingerprint density at radius 1 is 1.25 bits per heavy atom. The molecule has 0 aliphatic carbocycles. The molecule has 0 aliphatic heterocycles. The first-order chi connectivity index (χ1) is 5.68. The van der Waals surface area contributed by atoms with Gasteiger partial charge in [-0.1, -0.05) is 29.8 Å². The smallest absolute Gasteiger partial charge is 0.473 e. The lowest BCUT2D eigenvalue weighted by Crippen LogP contribution is -2.01. The minimum atomic E-state index is -1.91. The summed E-state index contributed by atoms with van der Waals surface area (Å²) in [5.74, 6) is 0. The molecule has 1 rings (SSSR count). The van der Waals surface area contributed by atoms with Gasteiger partial charge in [0.25, 0.3) is 0 Å². The molecule has 64 valence electrons. The predicted octanol–water partition coefficient (Wildman–Crippen LogP) is 2.97. The monoisotopic (exact) mass is 218 g/mol. The second-order valence-electron chi connectivity index (χ2n) is 2.56. The molecule has 0 unspecified atom stereocenters. The lowest BCUT2D eigenvalue weighted by molar-refractivity contribution is 0.329. The van der Waals surface area contributed by atoms with Gasteiger partial charge in [-0.3, -0.25) is 0 Å². The molecule has 1 nitrogen and oxygen atoms in total. The van der Waals surface area contributed by atoms with E-state index in [0.29, 0.717) is 6.61 Å². The maximum absolute atomic E-state index is 5.54. The molecule has 12 heavy (non-hydrogen) atoms. The zero-order valence-corrected chi connectivity index (χ0v) is 9.42. The molecule has 4 heteroatoms. The number of rotatable bonds is 3. The van der Waals surface area contributed by atoms with Crippen LogP contribution in [-0.4, -0.2) is 12.6 Å². The van der Waals surface area contributed by atoms with Gasteiger partial charge >= 0.3 is 12.6 Å². The number of hydrogen-bond donors (Lipinski definition) is 0. The molecule has 0 radical (unpaired) electrons. The van der Waals surface area contributed by atoms with Gasteiger partial charge in [0.1, 0.15) is 0 Å². The van der Waals surface area contributed by atoms with Gasteiger partial charge in [0.05, 0.1) is 0 Å². The molecule has 0 bridgehead atoms. The zero-order chi connectivity index (χ0) is 8.97. The molecule has 0 heterocycles. The van der Waals surface area contributed by atoms with Crippen LogP contribution in [0.3, 0.4) is 0 Å². The first-order valence-electron chi connectivity index (χ1n) is 3.64. The highest BCUT2D eigenvalue weighted by atomic mass is 35.7. The van der Waals surface area contributed by atoms with Gasteiger partial charge in [-0.05, 0) is 12.5 Å². The maximum atomic E-state index is 5.54. The minimum absolute atomic E-state index is 0.518. The summed E-state index contributed by atoms with van der Waals surface area (Å²) >= 11 is -1.91. The van der Waals surface area contributed by atoms with Crippen molar-refractivity contribution in [2.75, 3.05) is 0 Å². The SMILES string of the molecule is Cc1ccc(C[O][Al]([Cl])[Cl])cc1. The molecule has 0 saturated heterocycles. The molecule has 0 N–H and O–H groups in total. The largest absolute Gasteiger partial charge is 0.725 e. The van der Waals surface area contributed by atoms with Crippen LogP contribution in [0.1, 0.15) is 11.1 Å². The third-order valence-corrected chi connectivity index (χ3v) is 2.67. The van der Waals surface area contributed by atoms with Crippen molar-refractivity contribution in [1.82, 2.24) is 0 Å². The van der Waals surface area contributed by atoms with E-state index in [1.807, 2.05) is 31.2 Å². The highest BCUT2D eigenvalue weighted by Gasteiger charge is 2.13. The van der Waals surface area contributed by atoms with Gasteiger partial charge in [0, 0.05) is 6.61 Å². The number of benzene rings is 1. The van der Waals surface area contributed by atoms with Crippen molar-refractivity contribution in [1.29, 1.82) is 0 Å². The summed E-state index contributed by atoms with van der Waals surface area (Å²) in [6, 6.07) is 8.11. The quantitative estimate of drug-likeness (QED) is 0.710. The molecule has 0 amide bonds. The van der Waals surface area contributed by atoms with Gasteiger partial charge in [0.2, 0.25) is 0 Å². The van der Waals surface area contributed by atoms with Crippen molar-refractivity contribution < 1.29 is 3.79 Å². The van der Waals surface area contributed by atoms with Crippen molar-refractivity contribution >= 4 is 32.7 Å². The van der Waals surface area contributed by atoms with E-state index in [0.717, 1.165) is 5.56 Å². The van der Waals surface area contributed by atoms with Crippen LogP contribution in [0.25, 0.3) is 0 Å². The zero-order valence-electron chi connectivity index (χ0n) is 6.76. The molecule has 1 aromatic rings. The Balaban J connectivity index is 2.48. The summed E-state index contributed by atoms with van der Waals surface area (Å²) < 4.78 is 5.14. The average molecular weight is 219 g/mol. The fourth-order valence-corrected chi connectivity index (χ4v) is 1.54. The predicted molar refractivity (Wildman–Crippen MR) is 53.4 cm³/mol. The van der Waals surface area contributed by atoms with E-state index < -0.39 is 12.6 Å². The van der Waals surface area contributed by atoms with Crippen molar-refractivity contribution in [3.63, 3.8) is 0 Å². The second-order valence-corrected chi connectivity index (χ2v) is 6.46. The van der Waals surface area contributed by atoms with Crippen LogP contribution in [0.2, 0.25) is 0 Å². The third kappa shape index (κ3) is 3.80. The van der Waals surface area contributed by atoms with Crippen molar-refractivity contribution in [3.05, 3.63) is 35.4 Å². The standard InChI is InChI=1S/C8H9O.Al.2ClH/c1-7-2-4-8(6-9)5-3-7;;;/h2-5H,6H2,1H3;;2*1H/q-1;+3;;/p-2. The third-order valence-electron chi connectivity index (χ3n) is 1.50. The second kappa shape index (κ2) is 5.12. The van der Waals surface area contributed by atoms with Gasteiger partial charge in [-0.2, -0.15) is 20.1 Å². The molecule has 1 aromatic carbocycles. The van der Waals surface area contributed by atoms with E-state index in [1.54, 1.807) is 0 Å². The number of hydrogen-bond acceptors (Lipinski definition) is 1. The topological polar surface area (TPSA) is 9.23 Å². The number of halogens is 2. The molecule has 0 aromatic heterocycles. The van der Waals surface area contributed by atoms with Crippen LogP contribution in [-0.2, 0) is 10.4 Å². The first-order valence-corrected chi connectivity index (χ1v) is 7.60. The van der Waals surface area contributed by atoms with Crippen molar-refractivity contribution in [3.8, 4) is 0 Å². The van der Waals surface area contributed by atoms with Crippen LogP contribution < -0.4 is 0 Å². The minimum Gasteiger partial charge on any atom is -0.473 e. The lowest BCUT2D eigenvalue weighted by Gasteiger charge is -2.02. The molecule has 0 fully saturated rings. The van der Waals surface area contributed by atoms with E-state index in [1.165, 1.54) is 5.56 Å². The van der Waals surface area contributed by atoms with Gasteiger partial charge in [-0.25, -0.2) is 0 Å². The summed E-state index contributed by atoms with van der Waals surface area (Å²) in [5.41, 5.74) is 2.35. The normalized spacial score (nSPS) is 9.92. The first kappa shape index (κ1) is 10.4. The molecule has 0 aliphatic rings. The van der Waals surface area contributed by atoms with E-state index in [2.05, 4.69) is 0 Å². The Morgan fingerprint density at radius 3 is 2.33 bits per heavy atom. The average Bonchev–Trinajstić information content (AvgIpc) is 2.03. The lowest BCUT2D eigenvalue weighted by atomic mass is 10.2. The van der Waals surface area contributed by atoms with Crippen LogP contribution in [0.15, 0.2) is 24.3 Å². The molecular formula is C8H9AlCl2O. The molecule has 0 saturated carbocycles. The maximum Gasteiger partial charge on any atom is 0.725 e. The molecular weight excluding hydrogens is 210 g/mol. The summed E-state index contributed by atoms with van der Waals surface area (Å²) in [4.78, 5) is 0. The van der Waals surface area contributed by atoms with E-state index in [4.69, 9.17) is 23.9 Å². The Hall–Kier alpha value is 0.292. The summed E-state index contributed by atoms with van der Waals surface area (Å²) in [5, 5.41) is 0. The summed E-state index contributed by atoms with van der Waals surface area (Å²) in [6.07, 6.45) is 0. The highest BCUT2D eigenvalue weighted by Crippen LogP contribution is 2.07. The van der Waals surface area contributed by atoms with E-state index in [-0.39, 0.29) is 0 Å².